The molecule has 1 heterocycles. The topological polar surface area (TPSA) is 39.7 Å². The molecule has 0 bridgehead atoms. The van der Waals surface area contributed by atoms with Crippen LogP contribution in [0.3, 0.4) is 0 Å². The number of hydrogen-bond acceptors (Lipinski definition) is 4. The van der Waals surface area contributed by atoms with Gasteiger partial charge in [-0.3, -0.25) is 0 Å². The molecule has 5 heteroatoms. The molecule has 1 aliphatic rings. The molecule has 0 spiro atoms. The van der Waals surface area contributed by atoms with Crippen molar-refractivity contribution in [3.63, 3.8) is 0 Å². The maximum Gasteiger partial charge on any atom is 0.231 e. The average molecular weight is 422 g/mol. The van der Waals surface area contributed by atoms with Crippen molar-refractivity contribution in [2.75, 3.05) is 13.3 Å². The molecule has 4 rings (SSSR count). The summed E-state index contributed by atoms with van der Waals surface area (Å²) < 4.78 is 30.1. The van der Waals surface area contributed by atoms with E-state index >= 15 is 0 Å². The molecular weight excluding hydrogens is 393 g/mol. The predicted molar refractivity (Wildman–Crippen MR) is 119 cm³/mol. The van der Waals surface area contributed by atoms with Crippen molar-refractivity contribution in [2.45, 2.75) is 38.8 Å². The summed E-state index contributed by atoms with van der Waals surface area (Å²) in [6, 6.07) is 21.0. The van der Waals surface area contributed by atoms with Crippen molar-refractivity contribution < 1.29 is 18.6 Å². The Labute approximate surface area is 183 Å². The third-order valence-electron chi connectivity index (χ3n) is 5.30. The number of fused-ring (bicyclic) bond motifs is 1. The second-order valence-corrected chi connectivity index (χ2v) is 7.99. The summed E-state index contributed by atoms with van der Waals surface area (Å²) in [4.78, 5) is 0. The summed E-state index contributed by atoms with van der Waals surface area (Å²) in [6.45, 7) is 5.88. The summed E-state index contributed by atoms with van der Waals surface area (Å²) in [6.07, 6.45) is 1.03. The van der Waals surface area contributed by atoms with Crippen LogP contribution in [0.15, 0.2) is 66.7 Å². The lowest BCUT2D eigenvalue weighted by Crippen LogP contribution is -2.18. The maximum absolute atomic E-state index is 13.5. The highest BCUT2D eigenvalue weighted by Crippen LogP contribution is 2.33. The number of rotatable bonds is 9. The Morgan fingerprint density at radius 1 is 0.903 bits per heavy atom. The van der Waals surface area contributed by atoms with Gasteiger partial charge < -0.3 is 19.5 Å². The molecular formula is C26H28FNO3. The molecule has 0 aromatic heterocycles. The van der Waals surface area contributed by atoms with E-state index in [1.54, 1.807) is 0 Å². The first-order valence-corrected chi connectivity index (χ1v) is 10.7. The van der Waals surface area contributed by atoms with Crippen molar-refractivity contribution in [1.29, 1.82) is 0 Å². The van der Waals surface area contributed by atoms with Crippen molar-refractivity contribution in [3.8, 4) is 17.2 Å². The second kappa shape index (κ2) is 9.84. The van der Waals surface area contributed by atoms with Crippen molar-refractivity contribution >= 4 is 0 Å². The van der Waals surface area contributed by atoms with E-state index in [2.05, 4.69) is 17.4 Å². The molecule has 31 heavy (non-hydrogen) atoms. The molecule has 1 atom stereocenters. The number of halogens is 1. The van der Waals surface area contributed by atoms with E-state index < -0.39 is 0 Å². The van der Waals surface area contributed by atoms with Crippen molar-refractivity contribution in [1.82, 2.24) is 5.32 Å². The van der Waals surface area contributed by atoms with Gasteiger partial charge in [-0.25, -0.2) is 4.39 Å². The van der Waals surface area contributed by atoms with Crippen LogP contribution < -0.4 is 19.5 Å². The summed E-state index contributed by atoms with van der Waals surface area (Å²) in [5.41, 5.74) is 3.44. The lowest BCUT2D eigenvalue weighted by molar-refractivity contribution is 0.174. The first-order chi connectivity index (χ1) is 15.1. The SMILES string of the molecule is CC(C)Oc1ccc([C@H](CCNCc2ccc3c(c2)OCO3)c2ccc(F)cc2)cc1. The summed E-state index contributed by atoms with van der Waals surface area (Å²) in [5.74, 6) is 2.40. The van der Waals surface area contributed by atoms with E-state index in [9.17, 15) is 4.39 Å². The van der Waals surface area contributed by atoms with E-state index in [0.717, 1.165) is 47.9 Å². The highest BCUT2D eigenvalue weighted by molar-refractivity contribution is 5.44. The first-order valence-electron chi connectivity index (χ1n) is 10.7. The van der Waals surface area contributed by atoms with E-state index in [1.165, 1.54) is 17.7 Å². The smallest absolute Gasteiger partial charge is 0.231 e. The molecule has 3 aromatic rings. The largest absolute Gasteiger partial charge is 0.491 e. The number of nitrogens with one attached hydrogen (secondary N) is 1. The standard InChI is InChI=1S/C26H28FNO3/c1-18(2)31-23-10-6-21(7-11-23)24(20-4-8-22(27)9-5-20)13-14-28-16-19-3-12-25-26(15-19)30-17-29-25/h3-12,15,18,24,28H,13-14,16-17H2,1-2H3/t24-/m1/s1. The van der Waals surface area contributed by atoms with Crippen LogP contribution in [0.1, 0.15) is 42.9 Å². The van der Waals surface area contributed by atoms with E-state index in [1.807, 2.05) is 56.3 Å². The van der Waals surface area contributed by atoms with Gasteiger partial charge in [0.25, 0.3) is 0 Å². The maximum atomic E-state index is 13.5. The van der Waals surface area contributed by atoms with E-state index in [4.69, 9.17) is 14.2 Å². The Kier molecular flexibility index (Phi) is 6.73. The molecule has 1 N–H and O–H groups in total. The zero-order chi connectivity index (χ0) is 21.6. The second-order valence-electron chi connectivity index (χ2n) is 7.99. The van der Waals surface area contributed by atoms with Crippen molar-refractivity contribution in [3.05, 3.63) is 89.2 Å². The Bertz CT molecular complexity index is 987. The van der Waals surface area contributed by atoms with E-state index in [0.29, 0.717) is 0 Å². The Hall–Kier alpha value is -3.05. The fourth-order valence-electron chi connectivity index (χ4n) is 3.80. The molecule has 0 amide bonds. The summed E-state index contributed by atoms with van der Waals surface area (Å²) in [5, 5.41) is 3.52. The molecule has 0 unspecified atom stereocenters. The van der Waals surface area contributed by atoms with Crippen molar-refractivity contribution in [2.24, 2.45) is 0 Å². The lowest BCUT2D eigenvalue weighted by Gasteiger charge is -2.19. The fourth-order valence-corrected chi connectivity index (χ4v) is 3.80. The molecule has 162 valence electrons. The molecule has 0 aliphatic carbocycles. The van der Waals surface area contributed by atoms with Gasteiger partial charge in [-0.15, -0.1) is 0 Å². The number of hydrogen-bond donors (Lipinski definition) is 1. The molecule has 3 aromatic carbocycles. The fraction of sp³-hybridized carbons (Fsp3) is 0.308. The lowest BCUT2D eigenvalue weighted by atomic mass is 9.88. The molecule has 1 aliphatic heterocycles. The Balaban J connectivity index is 1.41. The van der Waals surface area contributed by atoms with Gasteiger partial charge in [0, 0.05) is 12.5 Å². The molecule has 0 radical (unpaired) electrons. The first kappa shape index (κ1) is 21.2. The van der Waals surface area contributed by atoms with Gasteiger partial charge in [-0.2, -0.15) is 0 Å². The molecule has 0 saturated heterocycles. The van der Waals surface area contributed by atoms with Crippen LogP contribution in [0, 0.1) is 5.82 Å². The van der Waals surface area contributed by atoms with Gasteiger partial charge in [0.2, 0.25) is 6.79 Å². The van der Waals surface area contributed by atoms with Gasteiger partial charge in [-0.1, -0.05) is 30.3 Å². The third kappa shape index (κ3) is 5.56. The summed E-state index contributed by atoms with van der Waals surface area (Å²) in [7, 11) is 0. The van der Waals surface area contributed by atoms with Gasteiger partial charge >= 0.3 is 0 Å². The molecule has 0 fully saturated rings. The van der Waals surface area contributed by atoms with E-state index in [-0.39, 0.29) is 24.6 Å². The van der Waals surface area contributed by atoms with Gasteiger partial charge in [0.1, 0.15) is 11.6 Å². The number of benzene rings is 3. The normalized spacial score (nSPS) is 13.4. The predicted octanol–water partition coefficient (Wildman–Crippen LogP) is 5.65. The molecule has 0 saturated carbocycles. The Morgan fingerprint density at radius 3 is 2.29 bits per heavy atom. The minimum atomic E-state index is -0.218. The van der Waals surface area contributed by atoms with Crippen LogP contribution in [-0.4, -0.2) is 19.4 Å². The minimum Gasteiger partial charge on any atom is -0.491 e. The zero-order valence-corrected chi connectivity index (χ0v) is 17.9. The highest BCUT2D eigenvalue weighted by atomic mass is 19.1. The average Bonchev–Trinajstić information content (AvgIpc) is 3.23. The van der Waals surface area contributed by atoms with Crippen LogP contribution in [0.5, 0.6) is 17.2 Å². The van der Waals surface area contributed by atoms with Crippen LogP contribution in [-0.2, 0) is 6.54 Å². The van der Waals surface area contributed by atoms with Crippen LogP contribution in [0.25, 0.3) is 0 Å². The Morgan fingerprint density at radius 2 is 1.58 bits per heavy atom. The monoisotopic (exact) mass is 421 g/mol. The third-order valence-corrected chi connectivity index (χ3v) is 5.30. The zero-order valence-electron chi connectivity index (χ0n) is 17.9. The highest BCUT2D eigenvalue weighted by Gasteiger charge is 2.16. The summed E-state index contributed by atoms with van der Waals surface area (Å²) >= 11 is 0. The van der Waals surface area contributed by atoms with Gasteiger partial charge in [-0.05, 0) is 79.9 Å². The minimum absolute atomic E-state index is 0.138. The quantitative estimate of drug-likeness (QED) is 0.453. The van der Waals surface area contributed by atoms with Crippen LogP contribution in [0.4, 0.5) is 4.39 Å². The number of ether oxygens (including phenoxy) is 3. The van der Waals surface area contributed by atoms with Gasteiger partial charge in [0.05, 0.1) is 6.10 Å². The molecule has 4 nitrogen and oxygen atoms in total. The van der Waals surface area contributed by atoms with Crippen LogP contribution in [0.2, 0.25) is 0 Å². The van der Waals surface area contributed by atoms with Crippen LogP contribution >= 0.6 is 0 Å². The van der Waals surface area contributed by atoms with Gasteiger partial charge in [0.15, 0.2) is 11.5 Å².